The predicted octanol–water partition coefficient (Wildman–Crippen LogP) is 3.96. The minimum absolute atomic E-state index is 0.160. The molecule has 0 aliphatic carbocycles. The number of aromatic nitrogens is 1. The molecule has 112 valence electrons. The number of amides is 1. The van der Waals surface area contributed by atoms with Gasteiger partial charge >= 0.3 is 6.09 Å². The van der Waals surface area contributed by atoms with Crippen LogP contribution in [0.15, 0.2) is 60.8 Å². The Morgan fingerprint density at radius 3 is 2.68 bits per heavy atom. The summed E-state index contributed by atoms with van der Waals surface area (Å²) in [5.74, 6) is 0.160. The first-order valence-electron chi connectivity index (χ1n) is 7.33. The first-order chi connectivity index (χ1) is 10.8. The van der Waals surface area contributed by atoms with E-state index in [1.165, 1.54) is 16.5 Å². The lowest BCUT2D eigenvalue weighted by atomic mass is 9.86. The second-order valence-electron chi connectivity index (χ2n) is 5.27. The van der Waals surface area contributed by atoms with Gasteiger partial charge in [-0.2, -0.15) is 0 Å². The highest BCUT2D eigenvalue weighted by atomic mass is 16.4. The quantitative estimate of drug-likeness (QED) is 0.667. The number of carbonyl (C=O) groups is 1. The Bertz CT molecular complexity index is 765. The van der Waals surface area contributed by atoms with Crippen LogP contribution in [0.1, 0.15) is 23.5 Å². The van der Waals surface area contributed by atoms with E-state index >= 15 is 0 Å². The predicted molar refractivity (Wildman–Crippen MR) is 87.2 cm³/mol. The van der Waals surface area contributed by atoms with Gasteiger partial charge in [0.2, 0.25) is 0 Å². The molecular weight excluding hydrogens is 276 g/mol. The van der Waals surface area contributed by atoms with Crippen molar-refractivity contribution in [3.05, 3.63) is 71.9 Å². The Hall–Kier alpha value is -2.75. The van der Waals surface area contributed by atoms with E-state index in [1.807, 2.05) is 30.5 Å². The Morgan fingerprint density at radius 1 is 1.09 bits per heavy atom. The standard InChI is InChI=1S/C18H18N2O2/c21-18(22)20-12-9-14(13-5-2-1-3-6-13)15-7-4-8-17-16(15)10-11-19-17/h1-8,10-11,14,19-20H,9,12H2,(H,21,22). The molecule has 2 aromatic carbocycles. The molecule has 0 fully saturated rings. The molecule has 3 N–H and O–H groups in total. The van der Waals surface area contributed by atoms with Crippen molar-refractivity contribution in [3.8, 4) is 0 Å². The number of aromatic amines is 1. The molecular formula is C18H18N2O2. The van der Waals surface area contributed by atoms with Crippen molar-refractivity contribution in [1.29, 1.82) is 0 Å². The summed E-state index contributed by atoms with van der Waals surface area (Å²) < 4.78 is 0. The summed E-state index contributed by atoms with van der Waals surface area (Å²) in [5, 5.41) is 12.4. The van der Waals surface area contributed by atoms with Crippen molar-refractivity contribution in [2.45, 2.75) is 12.3 Å². The van der Waals surface area contributed by atoms with Gasteiger partial charge < -0.3 is 15.4 Å². The van der Waals surface area contributed by atoms with E-state index in [0.29, 0.717) is 6.54 Å². The second kappa shape index (κ2) is 6.35. The molecule has 0 aliphatic rings. The Kier molecular flexibility index (Phi) is 4.10. The largest absolute Gasteiger partial charge is 0.465 e. The van der Waals surface area contributed by atoms with Gasteiger partial charge in [-0.1, -0.05) is 42.5 Å². The van der Waals surface area contributed by atoms with Crippen molar-refractivity contribution < 1.29 is 9.90 Å². The molecule has 0 aliphatic heterocycles. The van der Waals surface area contributed by atoms with E-state index < -0.39 is 6.09 Å². The topological polar surface area (TPSA) is 65.1 Å². The summed E-state index contributed by atoms with van der Waals surface area (Å²) in [6, 6.07) is 18.5. The van der Waals surface area contributed by atoms with Crippen molar-refractivity contribution in [1.82, 2.24) is 10.3 Å². The van der Waals surface area contributed by atoms with Crippen LogP contribution in [0.4, 0.5) is 4.79 Å². The third kappa shape index (κ3) is 2.96. The third-order valence-electron chi connectivity index (χ3n) is 3.92. The van der Waals surface area contributed by atoms with Crippen molar-refractivity contribution >= 4 is 17.0 Å². The number of rotatable bonds is 5. The van der Waals surface area contributed by atoms with E-state index in [9.17, 15) is 4.79 Å². The molecule has 0 radical (unpaired) electrons. The van der Waals surface area contributed by atoms with Crippen LogP contribution in [-0.2, 0) is 0 Å². The van der Waals surface area contributed by atoms with E-state index in [2.05, 4.69) is 40.6 Å². The molecule has 1 atom stereocenters. The molecule has 0 bridgehead atoms. The van der Waals surface area contributed by atoms with Crippen LogP contribution in [0, 0.1) is 0 Å². The summed E-state index contributed by atoms with van der Waals surface area (Å²) >= 11 is 0. The number of hydrogen-bond acceptors (Lipinski definition) is 1. The highest BCUT2D eigenvalue weighted by molar-refractivity contribution is 5.84. The lowest BCUT2D eigenvalue weighted by Crippen LogP contribution is -2.23. The molecule has 3 rings (SSSR count). The first kappa shape index (κ1) is 14.2. The van der Waals surface area contributed by atoms with E-state index in [1.54, 1.807) is 0 Å². The fourth-order valence-electron chi connectivity index (χ4n) is 2.92. The van der Waals surface area contributed by atoms with E-state index in [0.717, 1.165) is 11.9 Å². The maximum Gasteiger partial charge on any atom is 0.404 e. The van der Waals surface area contributed by atoms with Crippen LogP contribution in [-0.4, -0.2) is 22.7 Å². The number of carboxylic acid groups (broad SMARTS) is 1. The van der Waals surface area contributed by atoms with Gasteiger partial charge in [-0.3, -0.25) is 0 Å². The first-order valence-corrected chi connectivity index (χ1v) is 7.33. The molecule has 0 saturated carbocycles. The van der Waals surface area contributed by atoms with Crippen molar-refractivity contribution in [3.63, 3.8) is 0 Å². The molecule has 0 saturated heterocycles. The highest BCUT2D eigenvalue weighted by Gasteiger charge is 2.17. The van der Waals surface area contributed by atoms with Gasteiger partial charge in [-0.25, -0.2) is 4.79 Å². The molecule has 4 nitrogen and oxygen atoms in total. The maximum atomic E-state index is 10.7. The fourth-order valence-corrected chi connectivity index (χ4v) is 2.92. The minimum Gasteiger partial charge on any atom is -0.465 e. The molecule has 4 heteroatoms. The molecule has 1 unspecified atom stereocenters. The Labute approximate surface area is 128 Å². The van der Waals surface area contributed by atoms with Crippen LogP contribution in [0.3, 0.4) is 0 Å². The van der Waals surface area contributed by atoms with Gasteiger partial charge in [0, 0.05) is 29.6 Å². The number of nitrogens with one attached hydrogen (secondary N) is 2. The normalized spacial score (nSPS) is 12.2. The maximum absolute atomic E-state index is 10.7. The van der Waals surface area contributed by atoms with Crippen LogP contribution >= 0.6 is 0 Å². The molecule has 3 aromatic rings. The molecule has 1 amide bonds. The summed E-state index contributed by atoms with van der Waals surface area (Å²) in [5.41, 5.74) is 3.52. The van der Waals surface area contributed by atoms with Crippen LogP contribution in [0.5, 0.6) is 0 Å². The molecule has 0 spiro atoms. The van der Waals surface area contributed by atoms with Crippen molar-refractivity contribution in [2.24, 2.45) is 0 Å². The average Bonchev–Trinajstić information content (AvgIpc) is 3.01. The average molecular weight is 294 g/mol. The van der Waals surface area contributed by atoms with Crippen LogP contribution < -0.4 is 5.32 Å². The zero-order valence-electron chi connectivity index (χ0n) is 12.1. The molecule has 1 aromatic heterocycles. The van der Waals surface area contributed by atoms with Crippen LogP contribution in [0.2, 0.25) is 0 Å². The smallest absolute Gasteiger partial charge is 0.404 e. The van der Waals surface area contributed by atoms with Gasteiger partial charge in [0.25, 0.3) is 0 Å². The van der Waals surface area contributed by atoms with Gasteiger partial charge in [0.1, 0.15) is 0 Å². The molecule has 22 heavy (non-hydrogen) atoms. The van der Waals surface area contributed by atoms with E-state index in [-0.39, 0.29) is 5.92 Å². The summed E-state index contributed by atoms with van der Waals surface area (Å²) in [6.45, 7) is 0.426. The summed E-state index contributed by atoms with van der Waals surface area (Å²) in [4.78, 5) is 13.9. The molecule has 1 heterocycles. The zero-order valence-corrected chi connectivity index (χ0v) is 12.1. The summed E-state index contributed by atoms with van der Waals surface area (Å²) in [7, 11) is 0. The Morgan fingerprint density at radius 2 is 1.91 bits per heavy atom. The monoisotopic (exact) mass is 294 g/mol. The zero-order chi connectivity index (χ0) is 15.4. The second-order valence-corrected chi connectivity index (χ2v) is 5.27. The lowest BCUT2D eigenvalue weighted by Gasteiger charge is -2.19. The lowest BCUT2D eigenvalue weighted by molar-refractivity contribution is 0.194. The van der Waals surface area contributed by atoms with Gasteiger partial charge in [0.05, 0.1) is 0 Å². The summed E-state index contributed by atoms with van der Waals surface area (Å²) in [6.07, 6.45) is 1.68. The van der Waals surface area contributed by atoms with E-state index in [4.69, 9.17) is 5.11 Å². The number of benzene rings is 2. The SMILES string of the molecule is O=C(O)NCCC(c1ccccc1)c1cccc2[nH]ccc12. The number of H-pyrrole nitrogens is 1. The van der Waals surface area contributed by atoms with Crippen molar-refractivity contribution in [2.75, 3.05) is 6.54 Å². The minimum atomic E-state index is -0.980. The third-order valence-corrected chi connectivity index (χ3v) is 3.92. The fraction of sp³-hybridized carbons (Fsp3) is 0.167. The highest BCUT2D eigenvalue weighted by Crippen LogP contribution is 2.32. The van der Waals surface area contributed by atoms with Gasteiger partial charge in [-0.15, -0.1) is 0 Å². The Balaban J connectivity index is 1.97. The van der Waals surface area contributed by atoms with Crippen LogP contribution in [0.25, 0.3) is 10.9 Å². The van der Waals surface area contributed by atoms with Gasteiger partial charge in [-0.05, 0) is 29.7 Å². The number of hydrogen-bond donors (Lipinski definition) is 3. The van der Waals surface area contributed by atoms with Gasteiger partial charge in [0.15, 0.2) is 0 Å². The number of fused-ring (bicyclic) bond motifs is 1.